The van der Waals surface area contributed by atoms with Gasteiger partial charge in [0.2, 0.25) is 5.78 Å². The van der Waals surface area contributed by atoms with E-state index < -0.39 is 5.97 Å². The highest BCUT2D eigenvalue weighted by Crippen LogP contribution is 2.32. The molecule has 2 aromatic heterocycles. The van der Waals surface area contributed by atoms with Crippen LogP contribution in [0, 0.1) is 19.8 Å². The fourth-order valence-corrected chi connectivity index (χ4v) is 4.69. The lowest BCUT2D eigenvalue weighted by Gasteiger charge is -2.24. The lowest BCUT2D eigenvalue weighted by molar-refractivity contribution is 0.0474. The highest BCUT2D eigenvalue weighted by atomic mass is 16.5. The molecule has 0 radical (unpaired) electrons. The van der Waals surface area contributed by atoms with Crippen LogP contribution in [-0.2, 0) is 28.9 Å². The number of carbonyl (C=O) groups excluding carboxylic acids is 2. The van der Waals surface area contributed by atoms with Crippen LogP contribution in [0.15, 0.2) is 30.3 Å². The number of esters is 1. The number of fused-ring (bicyclic) bond motifs is 2. The maximum atomic E-state index is 13.2. The quantitative estimate of drug-likeness (QED) is 0.405. The number of nitrogens with zero attached hydrogens (tertiary/aromatic N) is 2. The Balaban J connectivity index is 1.59. The minimum Gasteiger partial charge on any atom is -0.454 e. The minimum atomic E-state index is -0.449. The number of carbonyl (C=O) groups is 2. The molecule has 3 aromatic rings. The smallest absolute Gasteiger partial charge is 0.339 e. The third-order valence-corrected chi connectivity index (χ3v) is 6.44. The Morgan fingerprint density at radius 2 is 2.00 bits per heavy atom. The van der Waals surface area contributed by atoms with Crippen molar-refractivity contribution in [2.45, 2.75) is 46.6 Å². The zero-order valence-corrected chi connectivity index (χ0v) is 19.2. The number of aryl methyl sites for hydroxylation is 2. The molecule has 6 heteroatoms. The monoisotopic (exact) mass is 434 g/mol. The summed E-state index contributed by atoms with van der Waals surface area (Å²) in [5.74, 6) is -0.165. The second kappa shape index (κ2) is 9.25. The van der Waals surface area contributed by atoms with Crippen molar-refractivity contribution in [3.8, 4) is 0 Å². The average molecular weight is 435 g/mol. The van der Waals surface area contributed by atoms with Gasteiger partial charge in [0.25, 0.3) is 0 Å². The number of Topliss-reactive ketones (excluding diaryl/α,β-unsaturated/α-hetero) is 1. The van der Waals surface area contributed by atoms with E-state index in [1.807, 2.05) is 48.7 Å². The Kier molecular flexibility index (Phi) is 6.42. The summed E-state index contributed by atoms with van der Waals surface area (Å²) in [6.45, 7) is 7.02. The number of hydrogen-bond acceptors (Lipinski definition) is 5. The van der Waals surface area contributed by atoms with Crippen molar-refractivity contribution in [2.24, 2.45) is 5.92 Å². The third kappa shape index (κ3) is 4.19. The van der Waals surface area contributed by atoms with Gasteiger partial charge in [-0.1, -0.05) is 25.1 Å². The number of benzene rings is 1. The van der Waals surface area contributed by atoms with Gasteiger partial charge in [0.1, 0.15) is 0 Å². The van der Waals surface area contributed by atoms with Crippen molar-refractivity contribution in [3.05, 3.63) is 64.1 Å². The van der Waals surface area contributed by atoms with Gasteiger partial charge in [-0.25, -0.2) is 4.79 Å². The standard InChI is InChI=1S/C26H30N2O4/c1-16-9-10-23-21(13-16)25(19-7-5-6-8-22(19)27-23)26(30)32-15-24(29)20-14-17(2)28(18(20)3)11-12-31-4/h5-8,14,16H,9-13,15H2,1-4H3/t16-/m1/s1. The van der Waals surface area contributed by atoms with Crippen molar-refractivity contribution in [1.82, 2.24) is 9.55 Å². The molecule has 0 fully saturated rings. The van der Waals surface area contributed by atoms with E-state index >= 15 is 0 Å². The Bertz CT molecular complexity index is 1180. The Hall–Kier alpha value is -2.99. The highest BCUT2D eigenvalue weighted by Gasteiger charge is 2.27. The predicted octanol–water partition coefficient (Wildman–Crippen LogP) is 4.46. The maximum absolute atomic E-state index is 13.2. The lowest BCUT2D eigenvalue weighted by Crippen LogP contribution is -2.21. The fraction of sp³-hybridized carbons (Fsp3) is 0.423. The van der Waals surface area contributed by atoms with E-state index in [2.05, 4.69) is 6.92 Å². The number of aromatic nitrogens is 2. The van der Waals surface area contributed by atoms with Crippen molar-refractivity contribution < 1.29 is 19.1 Å². The summed E-state index contributed by atoms with van der Waals surface area (Å²) >= 11 is 0. The molecule has 0 aliphatic heterocycles. The van der Waals surface area contributed by atoms with E-state index in [1.165, 1.54) is 0 Å². The molecular formula is C26H30N2O4. The summed E-state index contributed by atoms with van der Waals surface area (Å²) in [5, 5.41) is 0.788. The first-order valence-corrected chi connectivity index (χ1v) is 11.2. The summed E-state index contributed by atoms with van der Waals surface area (Å²) in [7, 11) is 1.65. The van der Waals surface area contributed by atoms with Crippen LogP contribution in [0.25, 0.3) is 10.9 Å². The number of hydrogen-bond donors (Lipinski definition) is 0. The van der Waals surface area contributed by atoms with Gasteiger partial charge in [-0.05, 0) is 56.7 Å². The molecule has 6 nitrogen and oxygen atoms in total. The van der Waals surface area contributed by atoms with Crippen LogP contribution in [0.1, 0.15) is 56.7 Å². The van der Waals surface area contributed by atoms with Crippen molar-refractivity contribution in [2.75, 3.05) is 20.3 Å². The van der Waals surface area contributed by atoms with E-state index in [0.29, 0.717) is 30.2 Å². The molecule has 4 rings (SSSR count). The number of pyridine rings is 1. The van der Waals surface area contributed by atoms with Crippen molar-refractivity contribution in [3.63, 3.8) is 0 Å². The van der Waals surface area contributed by atoms with E-state index in [4.69, 9.17) is 14.5 Å². The second-order valence-electron chi connectivity index (χ2n) is 8.71. The first-order chi connectivity index (χ1) is 15.4. The number of ether oxygens (including phenoxy) is 2. The Morgan fingerprint density at radius 1 is 1.22 bits per heavy atom. The van der Waals surface area contributed by atoms with Gasteiger partial charge in [-0.3, -0.25) is 9.78 Å². The molecule has 1 aromatic carbocycles. The van der Waals surface area contributed by atoms with Gasteiger partial charge < -0.3 is 14.0 Å². The Morgan fingerprint density at radius 3 is 2.78 bits per heavy atom. The molecule has 168 valence electrons. The summed E-state index contributed by atoms with van der Waals surface area (Å²) in [4.78, 5) is 31.0. The summed E-state index contributed by atoms with van der Waals surface area (Å²) in [5.41, 5.74) is 5.73. The van der Waals surface area contributed by atoms with E-state index in [1.54, 1.807) is 7.11 Å². The maximum Gasteiger partial charge on any atom is 0.339 e. The highest BCUT2D eigenvalue weighted by molar-refractivity contribution is 6.06. The summed E-state index contributed by atoms with van der Waals surface area (Å²) in [6, 6.07) is 9.51. The molecule has 0 spiro atoms. The van der Waals surface area contributed by atoms with E-state index in [0.717, 1.165) is 52.8 Å². The van der Waals surface area contributed by atoms with Gasteiger partial charge in [-0.2, -0.15) is 0 Å². The number of para-hydroxylation sites is 1. The Labute approximate surface area is 188 Å². The average Bonchev–Trinajstić information content (AvgIpc) is 3.07. The van der Waals surface area contributed by atoms with Crippen LogP contribution in [0.2, 0.25) is 0 Å². The number of ketones is 1. The predicted molar refractivity (Wildman–Crippen MR) is 123 cm³/mol. The van der Waals surface area contributed by atoms with Gasteiger partial charge >= 0.3 is 5.97 Å². The van der Waals surface area contributed by atoms with Gasteiger partial charge in [0, 0.05) is 41.7 Å². The van der Waals surface area contributed by atoms with E-state index in [9.17, 15) is 9.59 Å². The third-order valence-electron chi connectivity index (χ3n) is 6.44. The summed E-state index contributed by atoms with van der Waals surface area (Å²) < 4.78 is 12.8. The van der Waals surface area contributed by atoms with Crippen LogP contribution in [-0.4, -0.2) is 41.6 Å². The molecule has 2 heterocycles. The molecule has 32 heavy (non-hydrogen) atoms. The minimum absolute atomic E-state index is 0.198. The molecule has 1 atom stereocenters. The van der Waals surface area contributed by atoms with E-state index in [-0.39, 0.29) is 12.4 Å². The first kappa shape index (κ1) is 22.2. The molecule has 0 unspecified atom stereocenters. The van der Waals surface area contributed by atoms with Gasteiger partial charge in [0.15, 0.2) is 6.61 Å². The van der Waals surface area contributed by atoms with Crippen molar-refractivity contribution >= 4 is 22.7 Å². The number of rotatable bonds is 7. The SMILES string of the molecule is COCCn1c(C)cc(C(=O)COC(=O)c2c3c(nc4ccccc24)CC[C@@H](C)C3)c1C. The first-order valence-electron chi connectivity index (χ1n) is 11.2. The van der Waals surface area contributed by atoms with Crippen LogP contribution in [0.3, 0.4) is 0 Å². The molecule has 1 aliphatic carbocycles. The molecule has 1 aliphatic rings. The fourth-order valence-electron chi connectivity index (χ4n) is 4.69. The normalized spacial score (nSPS) is 15.6. The molecule has 0 bridgehead atoms. The molecule has 0 saturated carbocycles. The van der Waals surface area contributed by atoms with Crippen molar-refractivity contribution in [1.29, 1.82) is 0 Å². The molecule has 0 N–H and O–H groups in total. The molecule has 0 saturated heterocycles. The molecular weight excluding hydrogens is 404 g/mol. The van der Waals surface area contributed by atoms with Crippen LogP contribution in [0.4, 0.5) is 0 Å². The van der Waals surface area contributed by atoms with Gasteiger partial charge in [-0.15, -0.1) is 0 Å². The van der Waals surface area contributed by atoms with Crippen LogP contribution in [0.5, 0.6) is 0 Å². The molecule has 0 amide bonds. The van der Waals surface area contributed by atoms with Crippen LogP contribution < -0.4 is 0 Å². The zero-order chi connectivity index (χ0) is 22.8. The zero-order valence-electron chi connectivity index (χ0n) is 19.2. The lowest BCUT2D eigenvalue weighted by atomic mass is 9.84. The second-order valence-corrected chi connectivity index (χ2v) is 8.71. The number of methoxy groups -OCH3 is 1. The van der Waals surface area contributed by atoms with Gasteiger partial charge in [0.05, 0.1) is 17.7 Å². The topological polar surface area (TPSA) is 70.4 Å². The van der Waals surface area contributed by atoms with Crippen LogP contribution >= 0.6 is 0 Å². The summed E-state index contributed by atoms with van der Waals surface area (Å²) in [6.07, 6.45) is 2.71. The largest absolute Gasteiger partial charge is 0.454 e.